The lowest BCUT2D eigenvalue weighted by Gasteiger charge is -1.97. The molecule has 1 aliphatic heterocycles. The summed E-state index contributed by atoms with van der Waals surface area (Å²) in [6.45, 7) is 1.85. The van der Waals surface area contributed by atoms with E-state index in [-0.39, 0.29) is 5.91 Å². The van der Waals surface area contributed by atoms with Gasteiger partial charge in [-0.25, -0.2) is 0 Å². The summed E-state index contributed by atoms with van der Waals surface area (Å²) < 4.78 is 0. The van der Waals surface area contributed by atoms with E-state index in [1.165, 1.54) is 0 Å². The number of benzene rings is 1. The second-order valence-corrected chi connectivity index (χ2v) is 4.89. The Hall–Kier alpha value is -1.84. The van der Waals surface area contributed by atoms with E-state index >= 15 is 0 Å². The van der Waals surface area contributed by atoms with Crippen LogP contribution in [-0.2, 0) is 4.79 Å². The number of allylic oxidation sites excluding steroid dienone is 1. The van der Waals surface area contributed by atoms with Gasteiger partial charge in [-0.05, 0) is 31.2 Å². The molecule has 0 bridgehead atoms. The molecule has 0 unspecified atom stereocenters. The number of carbonyl (C=O) groups excluding carboxylic acids is 1. The van der Waals surface area contributed by atoms with Gasteiger partial charge in [-0.2, -0.15) is 0 Å². The number of hydrogen-bond donors (Lipinski definition) is 1. The number of aromatic nitrogens is 1. The van der Waals surface area contributed by atoms with Gasteiger partial charge in [0.05, 0.1) is 10.7 Å². The molecule has 102 valence electrons. The number of halogens is 2. The smallest absolute Gasteiger partial charge is 0.256 e. The lowest BCUT2D eigenvalue weighted by Crippen LogP contribution is -2.03. The fourth-order valence-corrected chi connectivity index (χ4v) is 2.10. The topological polar surface area (TPSA) is 42.0 Å². The largest absolute Gasteiger partial charge is 0.321 e. The highest BCUT2D eigenvalue weighted by molar-refractivity contribution is 6.34. The SMILES string of the molecule is C/C=C1/C(=O)Nc2cc(Cl)ccc21.Clc1cccnc1. The number of anilines is 1. The minimum absolute atomic E-state index is 0.0558. The number of rotatable bonds is 0. The van der Waals surface area contributed by atoms with Gasteiger partial charge in [0.1, 0.15) is 0 Å². The van der Waals surface area contributed by atoms with E-state index in [0.717, 1.165) is 11.3 Å². The van der Waals surface area contributed by atoms with E-state index < -0.39 is 0 Å². The van der Waals surface area contributed by atoms with Gasteiger partial charge in [0.15, 0.2) is 0 Å². The van der Waals surface area contributed by atoms with E-state index in [9.17, 15) is 4.79 Å². The number of hydrogen-bond acceptors (Lipinski definition) is 2. The molecule has 20 heavy (non-hydrogen) atoms. The van der Waals surface area contributed by atoms with Crippen LogP contribution in [-0.4, -0.2) is 10.9 Å². The molecule has 2 heterocycles. The highest BCUT2D eigenvalue weighted by Crippen LogP contribution is 2.33. The summed E-state index contributed by atoms with van der Waals surface area (Å²) in [5, 5.41) is 4.07. The van der Waals surface area contributed by atoms with Gasteiger partial charge in [-0.1, -0.05) is 35.3 Å². The average molecular weight is 307 g/mol. The van der Waals surface area contributed by atoms with Crippen LogP contribution < -0.4 is 5.32 Å². The van der Waals surface area contributed by atoms with E-state index in [1.54, 1.807) is 42.7 Å². The van der Waals surface area contributed by atoms with Gasteiger partial charge in [0.2, 0.25) is 0 Å². The van der Waals surface area contributed by atoms with Gasteiger partial charge in [-0.15, -0.1) is 0 Å². The maximum absolute atomic E-state index is 11.4. The number of fused-ring (bicyclic) bond motifs is 1. The molecule has 1 amide bonds. The summed E-state index contributed by atoms with van der Waals surface area (Å²) in [7, 11) is 0. The van der Waals surface area contributed by atoms with Crippen molar-refractivity contribution in [3.63, 3.8) is 0 Å². The molecule has 0 atom stereocenters. The summed E-state index contributed by atoms with van der Waals surface area (Å²) in [4.78, 5) is 15.1. The van der Waals surface area contributed by atoms with Gasteiger partial charge in [-0.3, -0.25) is 9.78 Å². The van der Waals surface area contributed by atoms with Gasteiger partial charge in [0.25, 0.3) is 5.91 Å². The fourth-order valence-electron chi connectivity index (χ4n) is 1.80. The first kappa shape index (κ1) is 14.6. The molecule has 0 saturated heterocycles. The second-order valence-electron chi connectivity index (χ2n) is 4.02. The molecule has 0 radical (unpaired) electrons. The first-order valence-electron chi connectivity index (χ1n) is 5.95. The Balaban J connectivity index is 0.000000178. The Labute approximate surface area is 127 Å². The molecule has 3 nitrogen and oxygen atoms in total. The maximum atomic E-state index is 11.4. The highest BCUT2D eigenvalue weighted by Gasteiger charge is 2.22. The molecule has 1 aromatic heterocycles. The van der Waals surface area contributed by atoms with Gasteiger partial charge >= 0.3 is 0 Å². The normalized spacial score (nSPS) is 14.3. The molecular weight excluding hydrogens is 295 g/mol. The van der Waals surface area contributed by atoms with E-state index in [0.29, 0.717) is 15.6 Å². The molecule has 5 heteroatoms. The number of carbonyl (C=O) groups is 1. The van der Waals surface area contributed by atoms with Crippen LogP contribution in [0.2, 0.25) is 10.0 Å². The molecule has 2 aromatic rings. The third-order valence-electron chi connectivity index (χ3n) is 2.68. The van der Waals surface area contributed by atoms with Crippen LogP contribution in [0.1, 0.15) is 12.5 Å². The molecule has 1 aliphatic rings. The summed E-state index contributed by atoms with van der Waals surface area (Å²) in [5.41, 5.74) is 2.44. The second kappa shape index (κ2) is 6.55. The van der Waals surface area contributed by atoms with Crippen molar-refractivity contribution >= 4 is 40.4 Å². The third kappa shape index (κ3) is 3.38. The monoisotopic (exact) mass is 306 g/mol. The number of nitrogens with zero attached hydrogens (tertiary/aromatic N) is 1. The zero-order valence-corrected chi connectivity index (χ0v) is 12.2. The highest BCUT2D eigenvalue weighted by atomic mass is 35.5. The predicted molar refractivity (Wildman–Crippen MR) is 83.0 cm³/mol. The first-order chi connectivity index (χ1) is 9.61. The lowest BCUT2D eigenvalue weighted by atomic mass is 10.1. The standard InChI is InChI=1S/C10H8ClNO.C5H4ClN/c1-2-7-8-4-3-6(11)5-9(8)12-10(7)13;6-5-2-1-3-7-4-5/h2-5H,1H3,(H,12,13);1-4H/b7-2+;. The van der Waals surface area contributed by atoms with Crippen LogP contribution >= 0.6 is 23.2 Å². The van der Waals surface area contributed by atoms with Crippen LogP contribution in [0.25, 0.3) is 5.57 Å². The molecule has 0 fully saturated rings. The van der Waals surface area contributed by atoms with Crippen LogP contribution in [0.15, 0.2) is 48.8 Å². The molecule has 1 N–H and O–H groups in total. The van der Waals surface area contributed by atoms with Crippen LogP contribution in [0, 0.1) is 0 Å². The van der Waals surface area contributed by atoms with Crippen molar-refractivity contribution in [3.8, 4) is 0 Å². The third-order valence-corrected chi connectivity index (χ3v) is 3.14. The summed E-state index contributed by atoms with van der Waals surface area (Å²) in [6, 6.07) is 8.97. The maximum Gasteiger partial charge on any atom is 0.256 e. The van der Waals surface area contributed by atoms with Crippen LogP contribution in [0.5, 0.6) is 0 Å². The minimum atomic E-state index is -0.0558. The van der Waals surface area contributed by atoms with E-state index in [4.69, 9.17) is 23.2 Å². The first-order valence-corrected chi connectivity index (χ1v) is 6.70. The lowest BCUT2D eigenvalue weighted by molar-refractivity contribution is -0.110. The van der Waals surface area contributed by atoms with Crippen molar-refractivity contribution in [1.82, 2.24) is 4.98 Å². The van der Waals surface area contributed by atoms with Crippen molar-refractivity contribution in [2.75, 3.05) is 5.32 Å². The summed E-state index contributed by atoms with van der Waals surface area (Å²) >= 11 is 11.3. The molecular formula is C15H12Cl2N2O. The minimum Gasteiger partial charge on any atom is -0.321 e. The molecule has 0 spiro atoms. The fraction of sp³-hybridized carbons (Fsp3) is 0.0667. The number of pyridine rings is 1. The number of nitrogens with one attached hydrogen (secondary N) is 1. The molecule has 3 rings (SSSR count). The van der Waals surface area contributed by atoms with Crippen molar-refractivity contribution in [1.29, 1.82) is 0 Å². The Morgan fingerprint density at radius 1 is 1.20 bits per heavy atom. The molecule has 1 aromatic carbocycles. The zero-order chi connectivity index (χ0) is 14.5. The quantitative estimate of drug-likeness (QED) is 0.732. The Morgan fingerprint density at radius 3 is 2.55 bits per heavy atom. The predicted octanol–water partition coefficient (Wildman–Crippen LogP) is 4.43. The summed E-state index contributed by atoms with van der Waals surface area (Å²) in [6.07, 6.45) is 5.09. The molecule has 0 aliphatic carbocycles. The average Bonchev–Trinajstić information content (AvgIpc) is 2.74. The number of amides is 1. The molecule has 0 saturated carbocycles. The van der Waals surface area contributed by atoms with E-state index in [1.807, 2.05) is 13.0 Å². The summed E-state index contributed by atoms with van der Waals surface area (Å²) in [5.74, 6) is -0.0558. The van der Waals surface area contributed by atoms with Crippen LogP contribution in [0.3, 0.4) is 0 Å². The Kier molecular flexibility index (Phi) is 4.77. The van der Waals surface area contributed by atoms with Crippen LogP contribution in [0.4, 0.5) is 5.69 Å². The van der Waals surface area contributed by atoms with Crippen molar-refractivity contribution in [2.24, 2.45) is 0 Å². The Morgan fingerprint density at radius 2 is 2.00 bits per heavy atom. The van der Waals surface area contributed by atoms with Crippen molar-refractivity contribution in [3.05, 3.63) is 64.4 Å². The Bertz CT molecular complexity index is 654. The van der Waals surface area contributed by atoms with Crippen molar-refractivity contribution < 1.29 is 4.79 Å². The zero-order valence-electron chi connectivity index (χ0n) is 10.7. The van der Waals surface area contributed by atoms with Gasteiger partial charge < -0.3 is 5.32 Å². The van der Waals surface area contributed by atoms with Gasteiger partial charge in [0, 0.05) is 28.6 Å². The van der Waals surface area contributed by atoms with E-state index in [2.05, 4.69) is 10.3 Å². The van der Waals surface area contributed by atoms with Crippen molar-refractivity contribution in [2.45, 2.75) is 6.92 Å².